The van der Waals surface area contributed by atoms with Crippen molar-refractivity contribution in [3.63, 3.8) is 0 Å². The van der Waals surface area contributed by atoms with Gasteiger partial charge in [-0.05, 0) is 50.1 Å². The molecule has 0 radical (unpaired) electrons. The fourth-order valence-electron chi connectivity index (χ4n) is 3.88. The second-order valence-electron chi connectivity index (χ2n) is 7.11. The maximum Gasteiger partial charge on any atom is 0.291 e. The molecule has 1 saturated heterocycles. The molecule has 0 spiro atoms. The van der Waals surface area contributed by atoms with E-state index in [-0.39, 0.29) is 24.1 Å². The molecular formula is C19H24N4O2S. The zero-order valence-corrected chi connectivity index (χ0v) is 16.1. The molecule has 1 fully saturated rings. The van der Waals surface area contributed by atoms with Crippen molar-refractivity contribution in [3.8, 4) is 0 Å². The topological polar surface area (TPSA) is 59.6 Å². The number of likely N-dealkylation sites (tertiary alicyclic amines) is 1. The van der Waals surface area contributed by atoms with Gasteiger partial charge in [-0.15, -0.1) is 11.3 Å². The molecule has 3 aromatic heterocycles. The molecule has 26 heavy (non-hydrogen) atoms. The van der Waals surface area contributed by atoms with Crippen molar-refractivity contribution in [3.05, 3.63) is 33.7 Å². The van der Waals surface area contributed by atoms with Crippen LogP contribution in [0.2, 0.25) is 0 Å². The Balaban J connectivity index is 1.76. The second kappa shape index (κ2) is 6.87. The molecule has 1 aliphatic rings. The average Bonchev–Trinajstić information content (AvgIpc) is 3.20. The van der Waals surface area contributed by atoms with E-state index >= 15 is 0 Å². The molecule has 3 aromatic rings. The number of piperidine rings is 1. The molecule has 138 valence electrons. The molecule has 7 heteroatoms. The van der Waals surface area contributed by atoms with Crippen LogP contribution in [0.5, 0.6) is 0 Å². The van der Waals surface area contributed by atoms with Crippen LogP contribution in [0.4, 0.5) is 0 Å². The van der Waals surface area contributed by atoms with Gasteiger partial charge < -0.3 is 4.90 Å². The lowest BCUT2D eigenvalue weighted by Gasteiger charge is -2.33. The summed E-state index contributed by atoms with van der Waals surface area (Å²) in [6.45, 7) is 4.98. The molecule has 1 atom stereocenters. The van der Waals surface area contributed by atoms with Gasteiger partial charge >= 0.3 is 0 Å². The maximum absolute atomic E-state index is 13.0. The van der Waals surface area contributed by atoms with Crippen LogP contribution in [0.25, 0.3) is 15.7 Å². The number of amides is 1. The van der Waals surface area contributed by atoms with Gasteiger partial charge in [0.25, 0.3) is 5.56 Å². The third kappa shape index (κ3) is 2.84. The zero-order valence-electron chi connectivity index (χ0n) is 15.3. The first-order chi connectivity index (χ1) is 12.6. The predicted octanol–water partition coefficient (Wildman–Crippen LogP) is 3.06. The van der Waals surface area contributed by atoms with Crippen molar-refractivity contribution in [1.29, 1.82) is 0 Å². The lowest BCUT2D eigenvalue weighted by Crippen LogP contribution is -2.45. The lowest BCUT2D eigenvalue weighted by atomic mass is 10.0. The van der Waals surface area contributed by atoms with Crippen LogP contribution >= 0.6 is 11.3 Å². The van der Waals surface area contributed by atoms with Gasteiger partial charge in [0.1, 0.15) is 22.7 Å². The fourth-order valence-corrected chi connectivity index (χ4v) is 4.80. The van der Waals surface area contributed by atoms with Crippen LogP contribution in [0, 0.1) is 0 Å². The van der Waals surface area contributed by atoms with Crippen molar-refractivity contribution < 1.29 is 4.79 Å². The van der Waals surface area contributed by atoms with Crippen molar-refractivity contribution in [2.24, 2.45) is 0 Å². The van der Waals surface area contributed by atoms with E-state index in [0.717, 1.165) is 54.7 Å². The second-order valence-corrected chi connectivity index (χ2v) is 8.00. The Bertz CT molecular complexity index is 1020. The Morgan fingerprint density at radius 1 is 1.38 bits per heavy atom. The van der Waals surface area contributed by atoms with Gasteiger partial charge in [-0.3, -0.25) is 14.0 Å². The summed E-state index contributed by atoms with van der Waals surface area (Å²) in [6.07, 6.45) is 4.93. The van der Waals surface area contributed by atoms with Gasteiger partial charge in [-0.1, -0.05) is 6.92 Å². The van der Waals surface area contributed by atoms with Crippen LogP contribution in [-0.4, -0.2) is 37.6 Å². The van der Waals surface area contributed by atoms with Crippen LogP contribution in [-0.2, 0) is 17.8 Å². The highest BCUT2D eigenvalue weighted by Crippen LogP contribution is 2.25. The number of hydrogen-bond donors (Lipinski definition) is 0. The number of hydrogen-bond acceptors (Lipinski definition) is 4. The monoisotopic (exact) mass is 372 g/mol. The molecule has 1 aliphatic heterocycles. The number of carbonyl (C=O) groups is 1. The van der Waals surface area contributed by atoms with Crippen molar-refractivity contribution in [2.45, 2.75) is 58.5 Å². The molecule has 1 amide bonds. The number of thiophene rings is 1. The quantitative estimate of drug-likeness (QED) is 0.707. The summed E-state index contributed by atoms with van der Waals surface area (Å²) >= 11 is 1.61. The summed E-state index contributed by atoms with van der Waals surface area (Å²) in [5, 5.41) is 7.66. The highest BCUT2D eigenvalue weighted by atomic mass is 32.1. The van der Waals surface area contributed by atoms with E-state index in [1.165, 1.54) is 4.68 Å². The molecule has 4 heterocycles. The Hall–Kier alpha value is -2.15. The summed E-state index contributed by atoms with van der Waals surface area (Å²) in [5.74, 6) is 0.839. The van der Waals surface area contributed by atoms with Gasteiger partial charge in [-0.2, -0.15) is 5.10 Å². The third-order valence-electron chi connectivity index (χ3n) is 5.24. The van der Waals surface area contributed by atoms with E-state index in [0.29, 0.717) is 5.52 Å². The Morgan fingerprint density at radius 3 is 3.00 bits per heavy atom. The van der Waals surface area contributed by atoms with Gasteiger partial charge in [0.15, 0.2) is 0 Å². The van der Waals surface area contributed by atoms with E-state index < -0.39 is 0 Å². The first-order valence-corrected chi connectivity index (χ1v) is 10.3. The van der Waals surface area contributed by atoms with E-state index in [2.05, 4.69) is 18.9 Å². The SMILES string of the molecule is CCCc1nn(CC(=O)N2CCCC[C@H]2C)c(=O)c2cc3ccsc3n12. The molecule has 4 rings (SSSR count). The summed E-state index contributed by atoms with van der Waals surface area (Å²) in [7, 11) is 0. The molecule has 0 bridgehead atoms. The normalized spacial score (nSPS) is 18.1. The van der Waals surface area contributed by atoms with Crippen LogP contribution in [0.15, 0.2) is 22.3 Å². The number of aromatic nitrogens is 3. The first-order valence-electron chi connectivity index (χ1n) is 9.38. The minimum absolute atomic E-state index is 0.00744. The number of nitrogens with zero attached hydrogens (tertiary/aromatic N) is 4. The van der Waals surface area contributed by atoms with Gasteiger partial charge in [0.2, 0.25) is 5.91 Å². The summed E-state index contributed by atoms with van der Waals surface area (Å²) in [6, 6.07) is 4.18. The molecular weight excluding hydrogens is 348 g/mol. The summed E-state index contributed by atoms with van der Waals surface area (Å²) in [4.78, 5) is 28.7. The zero-order chi connectivity index (χ0) is 18.3. The summed E-state index contributed by atoms with van der Waals surface area (Å²) in [5.41, 5.74) is 0.427. The standard InChI is InChI=1S/C19H24N4O2S/c1-3-6-16-20-22(12-17(24)21-9-5-4-7-13(21)2)18(25)15-11-14-8-10-26-19(14)23(15)16/h8,10-11,13H,3-7,9,12H2,1-2H3/t13-/m1/s1. The van der Waals surface area contributed by atoms with Crippen molar-refractivity contribution in [2.75, 3.05) is 6.54 Å². The minimum Gasteiger partial charge on any atom is -0.338 e. The highest BCUT2D eigenvalue weighted by Gasteiger charge is 2.24. The number of rotatable bonds is 4. The maximum atomic E-state index is 13.0. The van der Waals surface area contributed by atoms with Crippen LogP contribution in [0.1, 0.15) is 45.4 Å². The summed E-state index contributed by atoms with van der Waals surface area (Å²) < 4.78 is 3.34. The smallest absolute Gasteiger partial charge is 0.291 e. The Labute approximate surface area is 156 Å². The molecule has 0 unspecified atom stereocenters. The van der Waals surface area contributed by atoms with E-state index in [4.69, 9.17) is 0 Å². The van der Waals surface area contributed by atoms with Crippen molar-refractivity contribution in [1.82, 2.24) is 19.1 Å². The van der Waals surface area contributed by atoms with Crippen LogP contribution in [0.3, 0.4) is 0 Å². The molecule has 0 aromatic carbocycles. The third-order valence-corrected chi connectivity index (χ3v) is 6.15. The van der Waals surface area contributed by atoms with E-state index in [1.807, 2.05) is 26.8 Å². The molecule has 6 nitrogen and oxygen atoms in total. The van der Waals surface area contributed by atoms with Gasteiger partial charge in [-0.25, -0.2) is 4.68 Å². The number of fused-ring (bicyclic) bond motifs is 3. The van der Waals surface area contributed by atoms with Crippen molar-refractivity contribution >= 4 is 33.0 Å². The van der Waals surface area contributed by atoms with Crippen LogP contribution < -0.4 is 5.56 Å². The Morgan fingerprint density at radius 2 is 2.23 bits per heavy atom. The number of aryl methyl sites for hydroxylation is 1. The number of carbonyl (C=O) groups excluding carboxylic acids is 1. The van der Waals surface area contributed by atoms with Gasteiger partial charge in [0, 0.05) is 24.4 Å². The van der Waals surface area contributed by atoms with E-state index in [9.17, 15) is 9.59 Å². The molecule has 0 aliphatic carbocycles. The Kier molecular flexibility index (Phi) is 4.56. The van der Waals surface area contributed by atoms with E-state index in [1.54, 1.807) is 11.3 Å². The fraction of sp³-hybridized carbons (Fsp3) is 0.526. The van der Waals surface area contributed by atoms with Gasteiger partial charge in [0.05, 0.1) is 0 Å². The lowest BCUT2D eigenvalue weighted by molar-refractivity contribution is -0.135. The largest absolute Gasteiger partial charge is 0.338 e. The predicted molar refractivity (Wildman–Crippen MR) is 104 cm³/mol. The highest BCUT2D eigenvalue weighted by molar-refractivity contribution is 7.16. The average molecular weight is 372 g/mol. The minimum atomic E-state index is -0.189. The first kappa shape index (κ1) is 17.3. The molecule has 0 N–H and O–H groups in total. The molecule has 0 saturated carbocycles.